The van der Waals surface area contributed by atoms with E-state index >= 15 is 0 Å². The van der Waals surface area contributed by atoms with Crippen molar-refractivity contribution < 1.29 is 13.9 Å². The van der Waals surface area contributed by atoms with Crippen molar-refractivity contribution in [3.05, 3.63) is 35.1 Å². The Morgan fingerprint density at radius 3 is 2.62 bits per heavy atom. The highest BCUT2D eigenvalue weighted by atomic mass is 16.5. The third-order valence-corrected chi connectivity index (χ3v) is 6.25. The Morgan fingerprint density at radius 2 is 1.90 bits per heavy atom. The van der Waals surface area contributed by atoms with Crippen molar-refractivity contribution in [1.82, 2.24) is 9.80 Å². The van der Waals surface area contributed by atoms with E-state index in [2.05, 4.69) is 17.9 Å². The second-order valence-corrected chi connectivity index (χ2v) is 8.08. The van der Waals surface area contributed by atoms with Gasteiger partial charge in [-0.25, -0.2) is 0 Å². The molecule has 0 bridgehead atoms. The van der Waals surface area contributed by atoms with Crippen molar-refractivity contribution in [2.45, 2.75) is 46.5 Å². The number of piperazine rings is 1. The SMILES string of the molecule is CCOc1cc2oc3c(c2cc1/C(C)=C/C(=O)N1CCN(CC)CC1)CCCC3. The molecule has 0 spiro atoms. The van der Waals surface area contributed by atoms with Crippen LogP contribution in [0, 0.1) is 0 Å². The Bertz CT molecular complexity index is 920. The van der Waals surface area contributed by atoms with Gasteiger partial charge in [0.2, 0.25) is 5.91 Å². The fourth-order valence-electron chi connectivity index (χ4n) is 4.51. The Morgan fingerprint density at radius 1 is 1.14 bits per heavy atom. The quantitative estimate of drug-likeness (QED) is 0.708. The minimum Gasteiger partial charge on any atom is -0.493 e. The molecule has 4 rings (SSSR count). The molecule has 1 amide bonds. The fourth-order valence-corrected chi connectivity index (χ4v) is 4.51. The number of aryl methyl sites for hydroxylation is 2. The zero-order chi connectivity index (χ0) is 20.4. The molecule has 2 aliphatic rings. The number of carbonyl (C=O) groups is 1. The van der Waals surface area contributed by atoms with Gasteiger partial charge in [0.05, 0.1) is 6.61 Å². The van der Waals surface area contributed by atoms with Crippen molar-refractivity contribution in [3.8, 4) is 5.75 Å². The summed E-state index contributed by atoms with van der Waals surface area (Å²) in [6.07, 6.45) is 6.26. The summed E-state index contributed by atoms with van der Waals surface area (Å²) in [6, 6.07) is 4.18. The normalized spacial score (nSPS) is 18.2. The molecule has 0 unspecified atom stereocenters. The summed E-state index contributed by atoms with van der Waals surface area (Å²) in [5.41, 5.74) is 4.18. The summed E-state index contributed by atoms with van der Waals surface area (Å²) in [4.78, 5) is 17.2. The molecule has 1 aliphatic carbocycles. The van der Waals surface area contributed by atoms with E-state index in [9.17, 15) is 4.79 Å². The molecule has 1 aromatic carbocycles. The standard InChI is InChI=1S/C24H32N2O3/c1-4-25-10-12-26(13-11-25)24(27)14-17(3)19-15-20-18-8-6-7-9-21(18)29-23(20)16-22(19)28-5-2/h14-16H,4-13H2,1-3H3/b17-14+. The molecule has 0 atom stereocenters. The Kier molecular flexibility index (Phi) is 5.95. The largest absolute Gasteiger partial charge is 0.493 e. The van der Waals surface area contributed by atoms with Crippen molar-refractivity contribution in [2.24, 2.45) is 0 Å². The highest BCUT2D eigenvalue weighted by molar-refractivity contribution is 5.97. The number of ether oxygens (including phenoxy) is 1. The molecule has 1 aliphatic heterocycles. The number of nitrogens with zero attached hydrogens (tertiary/aromatic N) is 2. The van der Waals surface area contributed by atoms with E-state index in [0.717, 1.165) is 73.8 Å². The van der Waals surface area contributed by atoms with Gasteiger partial charge in [-0.15, -0.1) is 0 Å². The number of rotatable bonds is 5. The number of benzene rings is 1. The highest BCUT2D eigenvalue weighted by Gasteiger charge is 2.22. The second kappa shape index (κ2) is 8.62. The topological polar surface area (TPSA) is 45.9 Å². The summed E-state index contributed by atoms with van der Waals surface area (Å²) in [5.74, 6) is 2.01. The maximum atomic E-state index is 12.9. The fraction of sp³-hybridized carbons (Fsp3) is 0.542. The molecular weight excluding hydrogens is 364 g/mol. The number of hydrogen-bond acceptors (Lipinski definition) is 4. The molecule has 2 aromatic rings. The van der Waals surface area contributed by atoms with Crippen molar-refractivity contribution in [2.75, 3.05) is 39.3 Å². The van der Waals surface area contributed by atoms with Gasteiger partial charge >= 0.3 is 0 Å². The zero-order valence-corrected chi connectivity index (χ0v) is 17.9. The van der Waals surface area contributed by atoms with Gasteiger partial charge in [-0.2, -0.15) is 0 Å². The Hall–Kier alpha value is -2.27. The van der Waals surface area contributed by atoms with Gasteiger partial charge in [-0.3, -0.25) is 4.79 Å². The third kappa shape index (κ3) is 4.06. The van der Waals surface area contributed by atoms with Crippen molar-refractivity contribution in [3.63, 3.8) is 0 Å². The van der Waals surface area contributed by atoms with E-state index in [0.29, 0.717) is 6.61 Å². The van der Waals surface area contributed by atoms with Crippen LogP contribution in [-0.4, -0.2) is 55.0 Å². The predicted molar refractivity (Wildman–Crippen MR) is 116 cm³/mol. The lowest BCUT2D eigenvalue weighted by molar-refractivity contribution is -0.127. The summed E-state index contributed by atoms with van der Waals surface area (Å²) in [7, 11) is 0. The molecule has 2 heterocycles. The van der Waals surface area contributed by atoms with Crippen LogP contribution in [0.3, 0.4) is 0 Å². The molecule has 5 nitrogen and oxygen atoms in total. The first-order valence-corrected chi connectivity index (χ1v) is 11.0. The van der Waals surface area contributed by atoms with Gasteiger partial charge < -0.3 is 19.0 Å². The van der Waals surface area contributed by atoms with E-state index in [-0.39, 0.29) is 5.91 Å². The van der Waals surface area contributed by atoms with Crippen LogP contribution >= 0.6 is 0 Å². The lowest BCUT2D eigenvalue weighted by atomic mass is 9.94. The van der Waals surface area contributed by atoms with Gasteiger partial charge in [0.1, 0.15) is 17.1 Å². The minimum absolute atomic E-state index is 0.0926. The van der Waals surface area contributed by atoms with Crippen LogP contribution in [0.5, 0.6) is 5.75 Å². The smallest absolute Gasteiger partial charge is 0.246 e. The monoisotopic (exact) mass is 396 g/mol. The van der Waals surface area contributed by atoms with E-state index in [1.54, 1.807) is 6.08 Å². The molecule has 0 radical (unpaired) electrons. The highest BCUT2D eigenvalue weighted by Crippen LogP contribution is 2.38. The lowest BCUT2D eigenvalue weighted by Crippen LogP contribution is -2.48. The van der Waals surface area contributed by atoms with Crippen LogP contribution in [0.25, 0.3) is 16.5 Å². The summed E-state index contributed by atoms with van der Waals surface area (Å²) in [6.45, 7) is 11.3. The molecular formula is C24H32N2O3. The lowest BCUT2D eigenvalue weighted by Gasteiger charge is -2.33. The number of fused-ring (bicyclic) bond motifs is 3. The van der Waals surface area contributed by atoms with Crippen LogP contribution in [0.15, 0.2) is 22.6 Å². The first-order chi connectivity index (χ1) is 14.1. The van der Waals surface area contributed by atoms with E-state index in [1.165, 1.54) is 23.8 Å². The summed E-state index contributed by atoms with van der Waals surface area (Å²) >= 11 is 0. The van der Waals surface area contributed by atoms with Gasteiger partial charge in [0, 0.05) is 61.3 Å². The second-order valence-electron chi connectivity index (χ2n) is 8.08. The minimum atomic E-state index is 0.0926. The van der Waals surface area contributed by atoms with Crippen LogP contribution < -0.4 is 4.74 Å². The van der Waals surface area contributed by atoms with Crippen molar-refractivity contribution in [1.29, 1.82) is 0 Å². The predicted octanol–water partition coefficient (Wildman–Crippen LogP) is 4.28. The Balaban J connectivity index is 1.64. The summed E-state index contributed by atoms with van der Waals surface area (Å²) < 4.78 is 12.1. The maximum absolute atomic E-state index is 12.9. The van der Waals surface area contributed by atoms with Crippen molar-refractivity contribution >= 4 is 22.4 Å². The number of furan rings is 1. The molecule has 1 aromatic heterocycles. The van der Waals surface area contributed by atoms with Gasteiger partial charge in [-0.05, 0) is 51.3 Å². The summed E-state index contributed by atoms with van der Waals surface area (Å²) in [5, 5.41) is 1.18. The van der Waals surface area contributed by atoms with E-state index in [4.69, 9.17) is 9.15 Å². The number of carbonyl (C=O) groups excluding carboxylic acids is 1. The van der Waals surface area contributed by atoms with Crippen LogP contribution in [-0.2, 0) is 17.6 Å². The molecule has 29 heavy (non-hydrogen) atoms. The average Bonchev–Trinajstić information content (AvgIpc) is 3.10. The molecule has 0 saturated carbocycles. The van der Waals surface area contributed by atoms with E-state index < -0.39 is 0 Å². The number of hydrogen-bond donors (Lipinski definition) is 0. The number of likely N-dealkylation sites (N-methyl/N-ethyl adjacent to an activating group) is 1. The number of allylic oxidation sites excluding steroid dienone is 1. The van der Waals surface area contributed by atoms with Gasteiger partial charge in [0.25, 0.3) is 0 Å². The molecule has 0 N–H and O–H groups in total. The zero-order valence-electron chi connectivity index (χ0n) is 17.9. The first kappa shape index (κ1) is 20.0. The number of amides is 1. The van der Waals surface area contributed by atoms with Crippen LogP contribution in [0.2, 0.25) is 0 Å². The van der Waals surface area contributed by atoms with Gasteiger partial charge in [0.15, 0.2) is 0 Å². The van der Waals surface area contributed by atoms with Gasteiger partial charge in [-0.1, -0.05) is 6.92 Å². The third-order valence-electron chi connectivity index (χ3n) is 6.25. The molecule has 156 valence electrons. The molecule has 5 heteroatoms. The molecule has 1 fully saturated rings. The maximum Gasteiger partial charge on any atom is 0.246 e. The average molecular weight is 397 g/mol. The molecule has 1 saturated heterocycles. The first-order valence-electron chi connectivity index (χ1n) is 11.0. The van der Waals surface area contributed by atoms with Crippen LogP contribution in [0.1, 0.15) is 50.5 Å². The van der Waals surface area contributed by atoms with E-state index in [1.807, 2.05) is 24.8 Å². The Labute approximate surface area is 173 Å². The van der Waals surface area contributed by atoms with Crippen LogP contribution in [0.4, 0.5) is 0 Å².